The maximum absolute atomic E-state index is 12.3. The summed E-state index contributed by atoms with van der Waals surface area (Å²) >= 11 is 17.2. The van der Waals surface area contributed by atoms with Crippen LogP contribution >= 0.6 is 69.4 Å². The number of thioether (sulfide) groups is 2. The molecule has 4 rings (SSSR count). The van der Waals surface area contributed by atoms with Gasteiger partial charge >= 0.3 is 0 Å². The van der Waals surface area contributed by atoms with E-state index in [0.717, 1.165) is 15.5 Å². The third-order valence-corrected chi connectivity index (χ3v) is 9.22. The summed E-state index contributed by atoms with van der Waals surface area (Å²) in [6.45, 7) is 0. The van der Waals surface area contributed by atoms with Crippen LogP contribution in [0.25, 0.3) is 0 Å². The van der Waals surface area contributed by atoms with E-state index in [1.165, 1.54) is 46.2 Å². The maximum Gasteiger partial charge on any atom is 0.236 e. The van der Waals surface area contributed by atoms with Gasteiger partial charge in [-0.05, 0) is 29.7 Å². The summed E-state index contributed by atoms with van der Waals surface area (Å²) in [5.74, 6) is 0.411. The molecule has 0 bridgehead atoms. The molecule has 0 radical (unpaired) electrons. The number of hydrogen-bond acceptors (Lipinski definition) is 10. The minimum atomic E-state index is -0.235. The molecule has 2 amide bonds. The number of amides is 2. The third-order valence-electron chi connectivity index (χ3n) is 4.46. The average molecular weight is 598 g/mol. The second-order valence-electron chi connectivity index (χ2n) is 7.15. The van der Waals surface area contributed by atoms with E-state index in [4.69, 9.17) is 23.2 Å². The van der Waals surface area contributed by atoms with E-state index in [2.05, 4.69) is 31.0 Å². The van der Waals surface area contributed by atoms with Gasteiger partial charge in [-0.1, -0.05) is 106 Å². The summed E-state index contributed by atoms with van der Waals surface area (Å²) in [7, 11) is 0. The number of aromatic nitrogens is 4. The van der Waals surface area contributed by atoms with Crippen molar-refractivity contribution in [3.8, 4) is 0 Å². The van der Waals surface area contributed by atoms with Crippen LogP contribution in [-0.4, -0.2) is 38.0 Å². The SMILES string of the molecule is O=C(CCc1ccccc1)Nc1nnc(SCC(=O)Nc2nnc(SCc3ccc(Cl)c(Cl)c3)s2)s1. The lowest BCUT2D eigenvalue weighted by Crippen LogP contribution is -2.13. The summed E-state index contributed by atoms with van der Waals surface area (Å²) in [6.07, 6.45) is 0.999. The quantitative estimate of drug-likeness (QED) is 0.153. The summed E-state index contributed by atoms with van der Waals surface area (Å²) in [4.78, 5) is 24.5. The highest BCUT2D eigenvalue weighted by Gasteiger charge is 2.13. The fourth-order valence-electron chi connectivity index (χ4n) is 2.78. The zero-order valence-corrected chi connectivity index (χ0v) is 23.2. The molecule has 0 unspecified atom stereocenters. The molecule has 36 heavy (non-hydrogen) atoms. The molecule has 0 saturated carbocycles. The number of aryl methyl sites for hydroxylation is 1. The summed E-state index contributed by atoms with van der Waals surface area (Å²) < 4.78 is 1.31. The fraction of sp³-hybridized carbons (Fsp3) is 0.182. The maximum atomic E-state index is 12.3. The lowest BCUT2D eigenvalue weighted by Gasteiger charge is -2.01. The Hall–Kier alpha value is -2.22. The van der Waals surface area contributed by atoms with Gasteiger partial charge in [0.05, 0.1) is 15.8 Å². The Morgan fingerprint density at radius 2 is 1.44 bits per heavy atom. The molecule has 2 aromatic heterocycles. The third kappa shape index (κ3) is 8.43. The molecule has 0 aliphatic carbocycles. The van der Waals surface area contributed by atoms with Crippen molar-refractivity contribution in [2.24, 2.45) is 0 Å². The van der Waals surface area contributed by atoms with Crippen LogP contribution in [0.5, 0.6) is 0 Å². The van der Waals surface area contributed by atoms with Crippen molar-refractivity contribution in [3.63, 3.8) is 0 Å². The zero-order chi connectivity index (χ0) is 25.3. The molecule has 0 atom stereocenters. The Morgan fingerprint density at radius 3 is 2.14 bits per heavy atom. The number of hydrogen-bond donors (Lipinski definition) is 2. The Labute approximate surface area is 233 Å². The van der Waals surface area contributed by atoms with E-state index in [0.29, 0.717) is 43.2 Å². The Bertz CT molecular complexity index is 1340. The van der Waals surface area contributed by atoms with Crippen molar-refractivity contribution >= 4 is 91.5 Å². The standard InChI is InChI=1S/C22H18Cl2N6O2S4/c23-15-8-6-14(10-16(15)24)11-33-21-29-28-20(36-21)26-18(32)12-34-22-30-27-19(35-22)25-17(31)9-7-13-4-2-1-3-5-13/h1-6,8,10H,7,9,11-12H2,(H,25,27,31)(H,26,28,32). The van der Waals surface area contributed by atoms with E-state index in [9.17, 15) is 9.59 Å². The van der Waals surface area contributed by atoms with E-state index in [-0.39, 0.29) is 17.6 Å². The van der Waals surface area contributed by atoms with Gasteiger partial charge in [0, 0.05) is 12.2 Å². The molecule has 2 N–H and O–H groups in total. The highest BCUT2D eigenvalue weighted by atomic mass is 35.5. The lowest BCUT2D eigenvalue weighted by atomic mass is 10.1. The van der Waals surface area contributed by atoms with Crippen molar-refractivity contribution in [2.45, 2.75) is 27.3 Å². The zero-order valence-electron chi connectivity index (χ0n) is 18.4. The van der Waals surface area contributed by atoms with Crippen LogP contribution in [0.2, 0.25) is 10.0 Å². The molecule has 14 heteroatoms. The van der Waals surface area contributed by atoms with Crippen LogP contribution in [0.1, 0.15) is 17.5 Å². The van der Waals surface area contributed by atoms with Gasteiger partial charge < -0.3 is 5.32 Å². The fourth-order valence-corrected chi connectivity index (χ4v) is 6.38. The number of carbonyl (C=O) groups is 2. The van der Waals surface area contributed by atoms with E-state index in [1.54, 1.807) is 6.07 Å². The minimum Gasteiger partial charge on any atom is -0.300 e. The van der Waals surface area contributed by atoms with Crippen LogP contribution in [0.4, 0.5) is 10.3 Å². The van der Waals surface area contributed by atoms with Crippen molar-refractivity contribution in [1.82, 2.24) is 20.4 Å². The molecule has 2 heterocycles. The molecule has 0 saturated heterocycles. The molecule has 4 aromatic rings. The van der Waals surface area contributed by atoms with Gasteiger partial charge in [-0.3, -0.25) is 14.9 Å². The van der Waals surface area contributed by atoms with Gasteiger partial charge in [-0.25, -0.2) is 0 Å². The molecule has 186 valence electrons. The smallest absolute Gasteiger partial charge is 0.236 e. The highest BCUT2D eigenvalue weighted by molar-refractivity contribution is 8.01. The number of nitrogens with one attached hydrogen (secondary N) is 2. The molecule has 0 aliphatic heterocycles. The normalized spacial score (nSPS) is 10.8. The van der Waals surface area contributed by atoms with Gasteiger partial charge in [0.2, 0.25) is 22.1 Å². The first-order valence-electron chi connectivity index (χ1n) is 10.4. The number of benzene rings is 2. The van der Waals surface area contributed by atoms with Gasteiger partial charge in [0.1, 0.15) is 0 Å². The van der Waals surface area contributed by atoms with Gasteiger partial charge in [0.25, 0.3) is 0 Å². The van der Waals surface area contributed by atoms with Gasteiger partial charge in [-0.2, -0.15) is 0 Å². The number of nitrogens with zero attached hydrogens (tertiary/aromatic N) is 4. The molecule has 0 fully saturated rings. The number of rotatable bonds is 11. The first kappa shape index (κ1) is 26.8. The molecule has 0 spiro atoms. The number of anilines is 2. The summed E-state index contributed by atoms with van der Waals surface area (Å²) in [5, 5.41) is 23.4. The van der Waals surface area contributed by atoms with Gasteiger partial charge in [-0.15, -0.1) is 20.4 Å². The first-order valence-corrected chi connectivity index (χ1v) is 14.8. The monoisotopic (exact) mass is 596 g/mol. The van der Waals surface area contributed by atoms with Crippen molar-refractivity contribution in [1.29, 1.82) is 0 Å². The number of carbonyl (C=O) groups excluding carboxylic acids is 2. The first-order chi connectivity index (χ1) is 17.4. The second kappa shape index (κ2) is 13.4. The summed E-state index contributed by atoms with van der Waals surface area (Å²) in [6, 6.07) is 15.3. The van der Waals surface area contributed by atoms with Crippen molar-refractivity contribution < 1.29 is 9.59 Å². The van der Waals surface area contributed by atoms with Crippen molar-refractivity contribution in [2.75, 3.05) is 16.4 Å². The Balaban J connectivity index is 1.17. The molecular weight excluding hydrogens is 579 g/mol. The molecular formula is C22H18Cl2N6O2S4. The largest absolute Gasteiger partial charge is 0.300 e. The van der Waals surface area contributed by atoms with Crippen molar-refractivity contribution in [3.05, 3.63) is 69.7 Å². The van der Waals surface area contributed by atoms with E-state index in [1.807, 2.05) is 42.5 Å². The molecule has 0 aliphatic rings. The van der Waals surface area contributed by atoms with Crippen LogP contribution in [-0.2, 0) is 21.8 Å². The average Bonchev–Trinajstić information content (AvgIpc) is 3.52. The van der Waals surface area contributed by atoms with Crippen LogP contribution < -0.4 is 10.6 Å². The minimum absolute atomic E-state index is 0.127. The predicted octanol–water partition coefficient (Wildman–Crippen LogP) is 6.29. The van der Waals surface area contributed by atoms with Gasteiger partial charge in [0.15, 0.2) is 8.68 Å². The summed E-state index contributed by atoms with van der Waals surface area (Å²) in [5.41, 5.74) is 2.11. The Morgan fingerprint density at radius 1 is 0.778 bits per heavy atom. The lowest BCUT2D eigenvalue weighted by molar-refractivity contribution is -0.116. The van der Waals surface area contributed by atoms with Crippen LogP contribution in [0, 0.1) is 0 Å². The highest BCUT2D eigenvalue weighted by Crippen LogP contribution is 2.31. The molecule has 8 nitrogen and oxygen atoms in total. The Kier molecular flexibility index (Phi) is 9.96. The van der Waals surface area contributed by atoms with Crippen LogP contribution in [0.15, 0.2) is 57.2 Å². The number of halogens is 2. The van der Waals surface area contributed by atoms with Crippen LogP contribution in [0.3, 0.4) is 0 Å². The molecule has 2 aromatic carbocycles. The van der Waals surface area contributed by atoms with E-state index >= 15 is 0 Å². The second-order valence-corrected chi connectivity index (χ2v) is 12.4. The topological polar surface area (TPSA) is 110 Å². The predicted molar refractivity (Wildman–Crippen MR) is 149 cm³/mol. The van der Waals surface area contributed by atoms with E-state index < -0.39 is 0 Å².